The summed E-state index contributed by atoms with van der Waals surface area (Å²) in [6, 6.07) is 9.07. The quantitative estimate of drug-likeness (QED) is 0.509. The van der Waals surface area contributed by atoms with Crippen molar-refractivity contribution in [1.29, 1.82) is 0 Å². The summed E-state index contributed by atoms with van der Waals surface area (Å²) < 4.78 is 10.9. The highest BCUT2D eigenvalue weighted by molar-refractivity contribution is 5.75. The van der Waals surface area contributed by atoms with E-state index < -0.39 is 17.7 Å². The summed E-state index contributed by atoms with van der Waals surface area (Å²) in [6.45, 7) is 14.6. The normalized spacial score (nSPS) is 13.8. The number of carbonyl (C=O) groups is 2. The number of esters is 1. The third-order valence-corrected chi connectivity index (χ3v) is 4.30. The number of hydrogen-bond donors (Lipinski definition) is 2. The largest absolute Gasteiger partial charge is 0.460 e. The molecule has 0 unspecified atom stereocenters. The van der Waals surface area contributed by atoms with Crippen LogP contribution in [0.4, 0.5) is 4.79 Å². The first-order valence-electron chi connectivity index (χ1n) is 10.9. The van der Waals surface area contributed by atoms with Crippen LogP contribution in [0.15, 0.2) is 30.3 Å². The molecule has 0 bridgehead atoms. The molecule has 1 rings (SSSR count). The standard InChI is InChI=1S/C24H40N2O4/c1-17(2)13-20(26-23(28)30-24(5,6)7)15-25-21(14-18(3)4)22(27)29-16-19-11-9-8-10-12-19/h8-12,17-18,20-21,25H,13-16H2,1-7H3,(H,26,28)/t20-,21-/m0/s1. The molecule has 170 valence electrons. The molecule has 0 aliphatic carbocycles. The number of ether oxygens (including phenoxy) is 2. The molecule has 2 atom stereocenters. The van der Waals surface area contributed by atoms with E-state index >= 15 is 0 Å². The van der Waals surface area contributed by atoms with E-state index in [1.807, 2.05) is 51.1 Å². The average molecular weight is 421 g/mol. The van der Waals surface area contributed by atoms with Crippen molar-refractivity contribution in [3.8, 4) is 0 Å². The Morgan fingerprint density at radius 1 is 0.967 bits per heavy atom. The highest BCUT2D eigenvalue weighted by Crippen LogP contribution is 2.12. The van der Waals surface area contributed by atoms with Crippen LogP contribution < -0.4 is 10.6 Å². The molecule has 30 heavy (non-hydrogen) atoms. The second-order valence-electron chi connectivity index (χ2n) is 9.66. The topological polar surface area (TPSA) is 76.7 Å². The van der Waals surface area contributed by atoms with Gasteiger partial charge in [0.2, 0.25) is 0 Å². The Morgan fingerprint density at radius 2 is 1.57 bits per heavy atom. The third kappa shape index (κ3) is 11.8. The first-order valence-corrected chi connectivity index (χ1v) is 10.9. The van der Waals surface area contributed by atoms with E-state index in [1.54, 1.807) is 0 Å². The number of carbonyl (C=O) groups excluding carboxylic acids is 2. The lowest BCUT2D eigenvalue weighted by Gasteiger charge is -2.27. The van der Waals surface area contributed by atoms with Gasteiger partial charge in [0.25, 0.3) is 0 Å². The zero-order chi connectivity index (χ0) is 22.7. The first-order chi connectivity index (χ1) is 14.0. The van der Waals surface area contributed by atoms with Crippen molar-refractivity contribution in [2.24, 2.45) is 11.8 Å². The van der Waals surface area contributed by atoms with Gasteiger partial charge in [-0.25, -0.2) is 4.79 Å². The maximum Gasteiger partial charge on any atom is 0.407 e. The van der Waals surface area contributed by atoms with Crippen LogP contribution in [0.25, 0.3) is 0 Å². The Morgan fingerprint density at radius 3 is 2.10 bits per heavy atom. The molecule has 2 N–H and O–H groups in total. The van der Waals surface area contributed by atoms with Gasteiger partial charge in [-0.05, 0) is 51.0 Å². The van der Waals surface area contributed by atoms with E-state index in [9.17, 15) is 9.59 Å². The van der Waals surface area contributed by atoms with Crippen LogP contribution in [-0.2, 0) is 20.9 Å². The van der Waals surface area contributed by atoms with Gasteiger partial charge in [0, 0.05) is 12.6 Å². The van der Waals surface area contributed by atoms with Crippen molar-refractivity contribution in [2.75, 3.05) is 6.54 Å². The lowest BCUT2D eigenvalue weighted by atomic mass is 10.0. The molecule has 0 heterocycles. The third-order valence-electron chi connectivity index (χ3n) is 4.30. The number of hydrogen-bond acceptors (Lipinski definition) is 5. The zero-order valence-corrected chi connectivity index (χ0v) is 19.7. The molecule has 1 aromatic rings. The molecule has 1 amide bonds. The van der Waals surface area contributed by atoms with Gasteiger partial charge in [-0.2, -0.15) is 0 Å². The van der Waals surface area contributed by atoms with E-state index in [4.69, 9.17) is 9.47 Å². The summed E-state index contributed by atoms with van der Waals surface area (Å²) in [5, 5.41) is 6.25. The van der Waals surface area contributed by atoms with Crippen molar-refractivity contribution in [2.45, 2.75) is 85.6 Å². The fraction of sp³-hybridized carbons (Fsp3) is 0.667. The average Bonchev–Trinajstić information content (AvgIpc) is 2.61. The van der Waals surface area contributed by atoms with Gasteiger partial charge < -0.3 is 20.1 Å². The minimum atomic E-state index is -0.554. The first kappa shape index (κ1) is 26.0. The van der Waals surface area contributed by atoms with Crippen LogP contribution in [0.2, 0.25) is 0 Å². The second kappa shape index (κ2) is 12.6. The summed E-state index contributed by atoms with van der Waals surface area (Å²) in [7, 11) is 0. The maximum absolute atomic E-state index is 12.7. The number of nitrogens with one attached hydrogen (secondary N) is 2. The molecule has 0 spiro atoms. The molecule has 0 saturated carbocycles. The second-order valence-corrected chi connectivity index (χ2v) is 9.66. The lowest BCUT2D eigenvalue weighted by Crippen LogP contribution is -2.49. The fourth-order valence-electron chi connectivity index (χ4n) is 3.08. The molecule has 0 aliphatic rings. The molecule has 0 saturated heterocycles. The highest BCUT2D eigenvalue weighted by Gasteiger charge is 2.25. The molecule has 0 aliphatic heterocycles. The van der Waals surface area contributed by atoms with Crippen LogP contribution in [-0.4, -0.2) is 36.3 Å². The van der Waals surface area contributed by atoms with Crippen molar-refractivity contribution < 1.29 is 19.1 Å². The SMILES string of the molecule is CC(C)C[C@@H](CN[C@@H](CC(C)C)C(=O)OCc1ccccc1)NC(=O)OC(C)(C)C. The zero-order valence-electron chi connectivity index (χ0n) is 19.7. The molecule has 0 aromatic heterocycles. The van der Waals surface area contributed by atoms with Gasteiger partial charge in [-0.15, -0.1) is 0 Å². The predicted octanol–water partition coefficient (Wildman–Crippen LogP) is 4.67. The van der Waals surface area contributed by atoms with Crippen LogP contribution in [0, 0.1) is 11.8 Å². The maximum atomic E-state index is 12.7. The van der Waals surface area contributed by atoms with Gasteiger partial charge in [-0.3, -0.25) is 4.79 Å². The summed E-state index contributed by atoms with van der Waals surface area (Å²) in [5.74, 6) is 0.447. The van der Waals surface area contributed by atoms with E-state index in [0.29, 0.717) is 24.8 Å². The van der Waals surface area contributed by atoms with E-state index in [-0.39, 0.29) is 18.6 Å². The molecule has 1 aromatic carbocycles. The minimum Gasteiger partial charge on any atom is -0.460 e. The fourth-order valence-corrected chi connectivity index (χ4v) is 3.08. The minimum absolute atomic E-state index is 0.142. The molecular weight excluding hydrogens is 380 g/mol. The Labute approximate surface area is 182 Å². The molecule has 6 heteroatoms. The Kier molecular flexibility index (Phi) is 10.9. The van der Waals surface area contributed by atoms with Gasteiger partial charge in [0.15, 0.2) is 0 Å². The van der Waals surface area contributed by atoms with Crippen molar-refractivity contribution in [3.05, 3.63) is 35.9 Å². The molecule has 0 radical (unpaired) electrons. The summed E-state index contributed by atoms with van der Waals surface area (Å²) in [4.78, 5) is 24.9. The molecule has 6 nitrogen and oxygen atoms in total. The van der Waals surface area contributed by atoms with Gasteiger partial charge >= 0.3 is 12.1 Å². The number of rotatable bonds is 11. The Balaban J connectivity index is 2.69. The molecule has 0 fully saturated rings. The Hall–Kier alpha value is -2.08. The van der Waals surface area contributed by atoms with Crippen molar-refractivity contribution in [1.82, 2.24) is 10.6 Å². The van der Waals surface area contributed by atoms with E-state index in [0.717, 1.165) is 12.0 Å². The molecular formula is C24H40N2O4. The summed E-state index contributed by atoms with van der Waals surface area (Å²) in [6.07, 6.45) is 0.996. The van der Waals surface area contributed by atoms with Gasteiger partial charge in [0.1, 0.15) is 18.2 Å². The van der Waals surface area contributed by atoms with Crippen LogP contribution in [0.1, 0.15) is 66.9 Å². The van der Waals surface area contributed by atoms with E-state index in [1.165, 1.54) is 0 Å². The smallest absolute Gasteiger partial charge is 0.407 e. The highest BCUT2D eigenvalue weighted by atomic mass is 16.6. The number of benzene rings is 1. The van der Waals surface area contributed by atoms with Crippen molar-refractivity contribution in [3.63, 3.8) is 0 Å². The Bertz CT molecular complexity index is 638. The van der Waals surface area contributed by atoms with E-state index in [2.05, 4.69) is 38.3 Å². The van der Waals surface area contributed by atoms with Crippen LogP contribution in [0.3, 0.4) is 0 Å². The van der Waals surface area contributed by atoms with Crippen LogP contribution in [0.5, 0.6) is 0 Å². The van der Waals surface area contributed by atoms with Crippen molar-refractivity contribution >= 4 is 12.1 Å². The monoisotopic (exact) mass is 420 g/mol. The van der Waals surface area contributed by atoms with Gasteiger partial charge in [0.05, 0.1) is 0 Å². The summed E-state index contributed by atoms with van der Waals surface area (Å²) >= 11 is 0. The lowest BCUT2D eigenvalue weighted by molar-refractivity contribution is -0.148. The van der Waals surface area contributed by atoms with Gasteiger partial charge in [-0.1, -0.05) is 58.0 Å². The summed E-state index contributed by atoms with van der Waals surface area (Å²) in [5.41, 5.74) is 0.403. The van der Waals surface area contributed by atoms with Crippen LogP contribution >= 0.6 is 0 Å². The predicted molar refractivity (Wildman–Crippen MR) is 120 cm³/mol. The number of alkyl carbamates (subject to hydrolysis) is 1. The number of amides is 1.